The van der Waals surface area contributed by atoms with Gasteiger partial charge in [0.15, 0.2) is 0 Å². The van der Waals surface area contributed by atoms with Crippen LogP contribution in [-0.2, 0) is 12.4 Å². The van der Waals surface area contributed by atoms with E-state index in [1.165, 1.54) is 12.1 Å². The van der Waals surface area contributed by atoms with Gasteiger partial charge in [-0.2, -0.15) is 0 Å². The number of nitrogens with zero attached hydrogens (tertiary/aromatic N) is 2. The normalized spacial score (nSPS) is 11.2. The molecular weight excluding hydrogens is 298 g/mol. The molecule has 0 N–H and O–H groups in total. The second-order valence-electron chi connectivity index (χ2n) is 4.51. The maximum Gasteiger partial charge on any atom is 0.125 e. The zero-order valence-electron chi connectivity index (χ0n) is 10.5. The van der Waals surface area contributed by atoms with Crippen LogP contribution < -0.4 is 0 Å². The standard InChI is InChI=1S/C15H11Cl2FN2/c16-8-15-19-13-7-11(17)4-5-14(13)20(15)9-10-2-1-3-12(18)6-10/h1-7H,8-9H2. The van der Waals surface area contributed by atoms with Crippen LogP contribution in [0.4, 0.5) is 4.39 Å². The van der Waals surface area contributed by atoms with E-state index in [0.717, 1.165) is 22.4 Å². The van der Waals surface area contributed by atoms with Gasteiger partial charge in [0.05, 0.1) is 16.9 Å². The molecule has 20 heavy (non-hydrogen) atoms. The number of fused-ring (bicyclic) bond motifs is 1. The number of aromatic nitrogens is 2. The van der Waals surface area contributed by atoms with Crippen LogP contribution in [-0.4, -0.2) is 9.55 Å². The Labute approximate surface area is 125 Å². The van der Waals surface area contributed by atoms with E-state index in [2.05, 4.69) is 4.98 Å². The summed E-state index contributed by atoms with van der Waals surface area (Å²) >= 11 is 11.9. The second kappa shape index (κ2) is 5.43. The van der Waals surface area contributed by atoms with Crippen molar-refractivity contribution in [3.63, 3.8) is 0 Å². The molecule has 0 unspecified atom stereocenters. The molecule has 2 aromatic carbocycles. The minimum absolute atomic E-state index is 0.248. The summed E-state index contributed by atoms with van der Waals surface area (Å²) in [6, 6.07) is 12.0. The summed E-state index contributed by atoms with van der Waals surface area (Å²) in [4.78, 5) is 4.46. The summed E-state index contributed by atoms with van der Waals surface area (Å²) in [6.07, 6.45) is 0. The van der Waals surface area contributed by atoms with E-state index in [-0.39, 0.29) is 5.82 Å². The Morgan fingerprint density at radius 2 is 2.00 bits per heavy atom. The summed E-state index contributed by atoms with van der Waals surface area (Å²) < 4.78 is 15.3. The van der Waals surface area contributed by atoms with Crippen molar-refractivity contribution in [2.45, 2.75) is 12.4 Å². The highest BCUT2D eigenvalue weighted by Crippen LogP contribution is 2.22. The summed E-state index contributed by atoms with van der Waals surface area (Å²) in [5.74, 6) is 0.789. The summed E-state index contributed by atoms with van der Waals surface area (Å²) in [5, 5.41) is 0.633. The van der Waals surface area contributed by atoms with E-state index in [1.807, 2.05) is 22.8 Å². The van der Waals surface area contributed by atoms with Crippen LogP contribution >= 0.6 is 23.2 Å². The summed E-state index contributed by atoms with van der Waals surface area (Å²) in [6.45, 7) is 0.526. The molecule has 0 fully saturated rings. The first-order valence-corrected chi connectivity index (χ1v) is 7.03. The van der Waals surface area contributed by atoms with Crippen LogP contribution in [0.3, 0.4) is 0 Å². The number of halogens is 3. The largest absolute Gasteiger partial charge is 0.322 e. The predicted molar refractivity (Wildman–Crippen MR) is 79.8 cm³/mol. The Balaban J connectivity index is 2.10. The van der Waals surface area contributed by atoms with Gasteiger partial charge in [-0.15, -0.1) is 11.6 Å². The molecule has 1 heterocycles. The maximum atomic E-state index is 13.3. The van der Waals surface area contributed by atoms with Gasteiger partial charge in [0, 0.05) is 11.6 Å². The third-order valence-corrected chi connectivity index (χ3v) is 3.61. The van der Waals surface area contributed by atoms with Crippen molar-refractivity contribution in [3.8, 4) is 0 Å². The van der Waals surface area contributed by atoms with E-state index in [1.54, 1.807) is 12.1 Å². The molecule has 2 nitrogen and oxygen atoms in total. The fraction of sp³-hybridized carbons (Fsp3) is 0.133. The Morgan fingerprint density at radius 1 is 1.15 bits per heavy atom. The van der Waals surface area contributed by atoms with Gasteiger partial charge in [-0.1, -0.05) is 23.7 Å². The molecule has 1 aromatic heterocycles. The van der Waals surface area contributed by atoms with E-state index in [4.69, 9.17) is 23.2 Å². The third-order valence-electron chi connectivity index (χ3n) is 3.14. The van der Waals surface area contributed by atoms with Crippen molar-refractivity contribution >= 4 is 34.2 Å². The second-order valence-corrected chi connectivity index (χ2v) is 5.21. The van der Waals surface area contributed by atoms with Gasteiger partial charge in [0.25, 0.3) is 0 Å². The summed E-state index contributed by atoms with van der Waals surface area (Å²) in [5.41, 5.74) is 2.60. The van der Waals surface area contributed by atoms with Crippen molar-refractivity contribution in [3.05, 3.63) is 64.7 Å². The highest BCUT2D eigenvalue weighted by Gasteiger charge is 2.11. The van der Waals surface area contributed by atoms with Crippen molar-refractivity contribution in [1.29, 1.82) is 0 Å². The SMILES string of the molecule is Fc1cccc(Cn2c(CCl)nc3cc(Cl)ccc32)c1. The number of alkyl halides is 1. The minimum atomic E-state index is -0.248. The molecule has 102 valence electrons. The monoisotopic (exact) mass is 308 g/mol. The lowest BCUT2D eigenvalue weighted by Gasteiger charge is -2.08. The third kappa shape index (κ3) is 2.51. The van der Waals surface area contributed by atoms with E-state index >= 15 is 0 Å². The molecule has 0 bridgehead atoms. The lowest BCUT2D eigenvalue weighted by atomic mass is 10.2. The zero-order chi connectivity index (χ0) is 14.1. The Morgan fingerprint density at radius 3 is 2.75 bits per heavy atom. The molecule has 0 saturated carbocycles. The first kappa shape index (κ1) is 13.4. The lowest BCUT2D eigenvalue weighted by molar-refractivity contribution is 0.623. The van der Waals surface area contributed by atoms with E-state index in [9.17, 15) is 4.39 Å². The highest BCUT2D eigenvalue weighted by atomic mass is 35.5. The number of hydrogen-bond acceptors (Lipinski definition) is 1. The van der Waals surface area contributed by atoms with Crippen LogP contribution in [0.25, 0.3) is 11.0 Å². The molecule has 3 rings (SSSR count). The number of benzene rings is 2. The van der Waals surface area contributed by atoms with Crippen LogP contribution in [0, 0.1) is 5.82 Å². The molecule has 0 aliphatic rings. The molecule has 0 aliphatic heterocycles. The first-order valence-electron chi connectivity index (χ1n) is 6.12. The van der Waals surface area contributed by atoms with Gasteiger partial charge in [0.2, 0.25) is 0 Å². The van der Waals surface area contributed by atoms with Crippen molar-refractivity contribution in [2.75, 3.05) is 0 Å². The number of imidazole rings is 1. The topological polar surface area (TPSA) is 17.8 Å². The molecule has 0 radical (unpaired) electrons. The fourth-order valence-corrected chi connectivity index (χ4v) is 2.62. The van der Waals surface area contributed by atoms with Gasteiger partial charge < -0.3 is 4.57 Å². The summed E-state index contributed by atoms with van der Waals surface area (Å²) in [7, 11) is 0. The van der Waals surface area contributed by atoms with Crippen LogP contribution in [0.1, 0.15) is 11.4 Å². The van der Waals surface area contributed by atoms with Crippen molar-refractivity contribution < 1.29 is 4.39 Å². The van der Waals surface area contributed by atoms with Gasteiger partial charge >= 0.3 is 0 Å². The first-order chi connectivity index (χ1) is 9.67. The average molecular weight is 309 g/mol. The number of rotatable bonds is 3. The van der Waals surface area contributed by atoms with Crippen LogP contribution in [0.15, 0.2) is 42.5 Å². The molecule has 0 amide bonds. The van der Waals surface area contributed by atoms with Crippen molar-refractivity contribution in [1.82, 2.24) is 9.55 Å². The van der Waals surface area contributed by atoms with Gasteiger partial charge in [-0.25, -0.2) is 9.37 Å². The molecular formula is C15H11Cl2FN2. The molecule has 0 saturated heterocycles. The lowest BCUT2D eigenvalue weighted by Crippen LogP contribution is -2.04. The van der Waals surface area contributed by atoms with Gasteiger partial charge in [-0.3, -0.25) is 0 Å². The molecule has 3 aromatic rings. The maximum absolute atomic E-state index is 13.3. The van der Waals surface area contributed by atoms with Crippen LogP contribution in [0.2, 0.25) is 5.02 Å². The van der Waals surface area contributed by atoms with E-state index in [0.29, 0.717) is 17.4 Å². The Bertz CT molecular complexity index is 768. The minimum Gasteiger partial charge on any atom is -0.322 e. The average Bonchev–Trinajstić information content (AvgIpc) is 2.76. The predicted octanol–water partition coefficient (Wildman–Crippen LogP) is 4.62. The molecule has 0 aliphatic carbocycles. The van der Waals surface area contributed by atoms with E-state index < -0.39 is 0 Å². The molecule has 0 spiro atoms. The van der Waals surface area contributed by atoms with Crippen molar-refractivity contribution in [2.24, 2.45) is 0 Å². The smallest absolute Gasteiger partial charge is 0.125 e. The zero-order valence-corrected chi connectivity index (χ0v) is 12.0. The fourth-order valence-electron chi connectivity index (χ4n) is 2.25. The quantitative estimate of drug-likeness (QED) is 0.646. The molecule has 5 heteroatoms. The molecule has 0 atom stereocenters. The van der Waals surface area contributed by atoms with Crippen LogP contribution in [0.5, 0.6) is 0 Å². The van der Waals surface area contributed by atoms with Gasteiger partial charge in [0.1, 0.15) is 11.6 Å². The number of hydrogen-bond donors (Lipinski definition) is 0. The Hall–Kier alpha value is -1.58. The van der Waals surface area contributed by atoms with Gasteiger partial charge in [-0.05, 0) is 35.9 Å². The highest BCUT2D eigenvalue weighted by molar-refractivity contribution is 6.31. The Kier molecular flexibility index (Phi) is 3.64.